The molecule has 1 aromatic heterocycles. The Morgan fingerprint density at radius 1 is 1.25 bits per heavy atom. The number of hydrogen-bond donors (Lipinski definition) is 2. The summed E-state index contributed by atoms with van der Waals surface area (Å²) < 4.78 is 10.7. The van der Waals surface area contributed by atoms with Crippen molar-refractivity contribution < 1.29 is 24.5 Å². The minimum absolute atomic E-state index is 0.0833. The summed E-state index contributed by atoms with van der Waals surface area (Å²) >= 11 is 0. The third-order valence-corrected chi connectivity index (χ3v) is 2.61. The molecular weight excluding hydrogens is 262 g/mol. The minimum atomic E-state index is -1.05. The lowest BCUT2D eigenvalue weighted by molar-refractivity contribution is 0.0696. The smallest absolute Gasteiger partial charge is 0.337 e. The predicted molar refractivity (Wildman–Crippen MR) is 70.2 cm³/mol. The number of carboxylic acids is 1. The zero-order valence-electron chi connectivity index (χ0n) is 10.7. The summed E-state index contributed by atoms with van der Waals surface area (Å²) in [6, 6.07) is 7.86. The van der Waals surface area contributed by atoms with Gasteiger partial charge in [-0.1, -0.05) is 6.07 Å². The second-order valence-corrected chi connectivity index (χ2v) is 3.94. The highest BCUT2D eigenvalue weighted by molar-refractivity contribution is 5.87. The van der Waals surface area contributed by atoms with Gasteiger partial charge in [0.1, 0.15) is 0 Å². The lowest BCUT2D eigenvalue weighted by atomic mass is 10.2. The van der Waals surface area contributed by atoms with Crippen molar-refractivity contribution in [1.82, 2.24) is 4.98 Å². The maximum Gasteiger partial charge on any atom is 0.337 e. The monoisotopic (exact) mass is 275 g/mol. The van der Waals surface area contributed by atoms with E-state index in [1.165, 1.54) is 25.4 Å². The van der Waals surface area contributed by atoms with Crippen LogP contribution in [0.5, 0.6) is 17.4 Å². The van der Waals surface area contributed by atoms with Gasteiger partial charge in [-0.05, 0) is 23.8 Å². The topological polar surface area (TPSA) is 88.9 Å². The van der Waals surface area contributed by atoms with Crippen LogP contribution in [0.1, 0.15) is 15.9 Å². The highest BCUT2D eigenvalue weighted by Gasteiger charge is 2.09. The van der Waals surface area contributed by atoms with Crippen LogP contribution in [0.4, 0.5) is 0 Å². The molecule has 6 nitrogen and oxygen atoms in total. The van der Waals surface area contributed by atoms with E-state index in [2.05, 4.69) is 4.98 Å². The molecule has 0 amide bonds. The predicted octanol–water partition coefficient (Wildman–Crippen LogP) is 2.07. The highest BCUT2D eigenvalue weighted by atomic mass is 16.5. The van der Waals surface area contributed by atoms with Crippen molar-refractivity contribution in [3.8, 4) is 17.4 Å². The van der Waals surface area contributed by atoms with Gasteiger partial charge in [0, 0.05) is 12.3 Å². The number of benzene rings is 1. The second-order valence-electron chi connectivity index (χ2n) is 3.94. The van der Waals surface area contributed by atoms with Gasteiger partial charge in [-0.3, -0.25) is 0 Å². The van der Waals surface area contributed by atoms with E-state index in [-0.39, 0.29) is 18.1 Å². The fraction of sp³-hybridized carbons (Fsp3) is 0.143. The molecule has 0 atom stereocenters. The molecule has 1 aromatic carbocycles. The summed E-state index contributed by atoms with van der Waals surface area (Å²) in [5.41, 5.74) is 0.781. The van der Waals surface area contributed by atoms with Crippen LogP contribution in [0.3, 0.4) is 0 Å². The first-order chi connectivity index (χ1) is 9.63. The molecule has 2 N–H and O–H groups in total. The number of methoxy groups -OCH3 is 1. The summed E-state index contributed by atoms with van der Waals surface area (Å²) in [4.78, 5) is 14.6. The number of nitrogens with zero attached hydrogens (tertiary/aromatic N) is 1. The number of aliphatic hydroxyl groups is 1. The minimum Gasteiger partial charge on any atom is -0.493 e. The van der Waals surface area contributed by atoms with Crippen molar-refractivity contribution >= 4 is 5.97 Å². The van der Waals surface area contributed by atoms with E-state index in [1.807, 2.05) is 0 Å². The number of aromatic nitrogens is 1. The largest absolute Gasteiger partial charge is 0.493 e. The van der Waals surface area contributed by atoms with Crippen LogP contribution < -0.4 is 9.47 Å². The fourth-order valence-electron chi connectivity index (χ4n) is 1.57. The molecule has 1 heterocycles. The van der Waals surface area contributed by atoms with Crippen molar-refractivity contribution in [3.05, 3.63) is 47.7 Å². The SMILES string of the molecule is COc1cc(CO)ccc1Oc1ccc(C(=O)O)cn1. The molecule has 104 valence electrons. The number of hydrogen-bond acceptors (Lipinski definition) is 5. The Morgan fingerprint density at radius 3 is 2.60 bits per heavy atom. The molecule has 0 radical (unpaired) electrons. The van der Waals surface area contributed by atoms with E-state index >= 15 is 0 Å². The molecule has 20 heavy (non-hydrogen) atoms. The Balaban J connectivity index is 2.23. The molecule has 0 aliphatic rings. The molecule has 2 aromatic rings. The van der Waals surface area contributed by atoms with E-state index in [9.17, 15) is 4.79 Å². The lowest BCUT2D eigenvalue weighted by Crippen LogP contribution is -1.98. The molecule has 0 fully saturated rings. The van der Waals surface area contributed by atoms with Gasteiger partial charge in [0.05, 0.1) is 19.3 Å². The molecular formula is C14H13NO5. The van der Waals surface area contributed by atoms with E-state index in [0.717, 1.165) is 0 Å². The first-order valence-corrected chi connectivity index (χ1v) is 5.79. The van der Waals surface area contributed by atoms with E-state index in [0.29, 0.717) is 17.1 Å². The fourth-order valence-corrected chi connectivity index (χ4v) is 1.57. The Bertz CT molecular complexity index is 609. The molecule has 0 saturated carbocycles. The summed E-state index contributed by atoms with van der Waals surface area (Å²) in [5, 5.41) is 17.8. The maximum atomic E-state index is 10.7. The maximum absolute atomic E-state index is 10.7. The molecule has 0 unspecified atom stereocenters. The van der Waals surface area contributed by atoms with Crippen LogP contribution in [0, 0.1) is 0 Å². The number of ether oxygens (including phenoxy) is 2. The summed E-state index contributed by atoms with van der Waals surface area (Å²) in [7, 11) is 1.49. The van der Waals surface area contributed by atoms with Crippen LogP contribution >= 0.6 is 0 Å². The molecule has 0 saturated heterocycles. The van der Waals surface area contributed by atoms with Crippen molar-refractivity contribution in [1.29, 1.82) is 0 Å². The van der Waals surface area contributed by atoms with Crippen LogP contribution in [-0.2, 0) is 6.61 Å². The van der Waals surface area contributed by atoms with Gasteiger partial charge in [-0.15, -0.1) is 0 Å². The molecule has 0 bridgehead atoms. The molecule has 2 rings (SSSR count). The van der Waals surface area contributed by atoms with Crippen molar-refractivity contribution in [2.75, 3.05) is 7.11 Å². The summed E-state index contributed by atoms with van der Waals surface area (Å²) in [5.74, 6) is 0.0971. The number of aromatic carboxylic acids is 1. The van der Waals surface area contributed by atoms with E-state index in [4.69, 9.17) is 19.7 Å². The Kier molecular flexibility index (Phi) is 4.17. The lowest BCUT2D eigenvalue weighted by Gasteiger charge is -2.10. The number of aliphatic hydroxyl groups excluding tert-OH is 1. The first-order valence-electron chi connectivity index (χ1n) is 5.79. The molecule has 6 heteroatoms. The van der Waals surface area contributed by atoms with Crippen molar-refractivity contribution in [2.24, 2.45) is 0 Å². The molecule has 0 aliphatic carbocycles. The molecule has 0 aliphatic heterocycles. The third-order valence-electron chi connectivity index (χ3n) is 2.61. The second kappa shape index (κ2) is 6.03. The third kappa shape index (κ3) is 3.04. The molecule has 0 spiro atoms. The zero-order chi connectivity index (χ0) is 14.5. The standard InChI is InChI=1S/C14H13NO5/c1-19-12-6-9(8-16)2-4-11(12)20-13-5-3-10(7-15-13)14(17)18/h2-7,16H,8H2,1H3,(H,17,18). The van der Waals surface area contributed by atoms with Crippen LogP contribution in [0.2, 0.25) is 0 Å². The van der Waals surface area contributed by atoms with Gasteiger partial charge < -0.3 is 19.7 Å². The van der Waals surface area contributed by atoms with Crippen LogP contribution in [-0.4, -0.2) is 28.3 Å². The normalized spacial score (nSPS) is 10.1. The highest BCUT2D eigenvalue weighted by Crippen LogP contribution is 2.31. The van der Waals surface area contributed by atoms with Gasteiger partial charge in [-0.2, -0.15) is 0 Å². The van der Waals surface area contributed by atoms with Gasteiger partial charge in [0.25, 0.3) is 0 Å². The van der Waals surface area contributed by atoms with E-state index < -0.39 is 5.97 Å². The number of carbonyl (C=O) groups is 1. The van der Waals surface area contributed by atoms with Gasteiger partial charge in [0.15, 0.2) is 11.5 Å². The van der Waals surface area contributed by atoms with Gasteiger partial charge >= 0.3 is 5.97 Å². The van der Waals surface area contributed by atoms with Gasteiger partial charge in [-0.25, -0.2) is 9.78 Å². The number of carboxylic acid groups (broad SMARTS) is 1. The summed E-state index contributed by atoms with van der Waals surface area (Å²) in [6.45, 7) is -0.0950. The van der Waals surface area contributed by atoms with Gasteiger partial charge in [0.2, 0.25) is 5.88 Å². The van der Waals surface area contributed by atoms with Crippen LogP contribution in [0.15, 0.2) is 36.5 Å². The number of rotatable bonds is 5. The van der Waals surface area contributed by atoms with E-state index in [1.54, 1.807) is 18.2 Å². The Morgan fingerprint density at radius 2 is 2.05 bits per heavy atom. The first kappa shape index (κ1) is 13.8. The Labute approximate surface area is 115 Å². The quantitative estimate of drug-likeness (QED) is 0.868. The Hall–Kier alpha value is -2.60. The number of pyridine rings is 1. The zero-order valence-corrected chi connectivity index (χ0v) is 10.7. The average Bonchev–Trinajstić information content (AvgIpc) is 2.48. The average molecular weight is 275 g/mol. The summed E-state index contributed by atoms with van der Waals surface area (Å²) in [6.07, 6.45) is 1.21. The van der Waals surface area contributed by atoms with Crippen molar-refractivity contribution in [2.45, 2.75) is 6.61 Å². The van der Waals surface area contributed by atoms with Crippen LogP contribution in [0.25, 0.3) is 0 Å². The van der Waals surface area contributed by atoms with Crippen molar-refractivity contribution in [3.63, 3.8) is 0 Å².